The number of imide groups is 1. The van der Waals surface area contributed by atoms with Crippen molar-refractivity contribution in [2.24, 2.45) is 0 Å². The molecule has 3 amide bonds. The lowest BCUT2D eigenvalue weighted by Gasteiger charge is -2.37. The molecule has 0 spiro atoms. The maximum Gasteiger partial charge on any atom is 0.408 e. The number of thioether (sulfide) groups is 1. The zero-order valence-electron chi connectivity index (χ0n) is 15.3. The number of carbonyl (C=O) groups excluding carboxylic acids is 2. The van der Waals surface area contributed by atoms with Crippen LogP contribution in [0.1, 0.15) is 32.9 Å². The quantitative estimate of drug-likeness (QED) is 0.753. The topological polar surface area (TPSA) is 116 Å². The van der Waals surface area contributed by atoms with Crippen LogP contribution in [0.5, 0.6) is 0 Å². The number of rotatable bonds is 3. The Bertz CT molecular complexity index is 820. The van der Waals surface area contributed by atoms with Gasteiger partial charge >= 0.3 is 6.09 Å². The molecule has 1 aromatic heterocycles. The summed E-state index contributed by atoms with van der Waals surface area (Å²) in [5.41, 5.74) is 0.0147. The Labute approximate surface area is 160 Å². The van der Waals surface area contributed by atoms with Crippen molar-refractivity contribution in [1.29, 1.82) is 0 Å². The standard InChI is InChI=1S/C17H21N5O4S/c1-17(2,3)22(16(25)26)11-5-7-21(9-11)14-18-6-4-10(19-14)8-12-13(23)20-15(24)27-12/h4,6,8,11H,5,7,9H2,1-3H3,(H,25,26)(H,20,23,24)/b12-8-. The minimum Gasteiger partial charge on any atom is -0.465 e. The van der Waals surface area contributed by atoms with E-state index in [0.717, 1.165) is 11.8 Å². The van der Waals surface area contributed by atoms with Crippen molar-refractivity contribution in [1.82, 2.24) is 20.2 Å². The number of carboxylic acid groups (broad SMARTS) is 1. The highest BCUT2D eigenvalue weighted by Gasteiger charge is 2.37. The van der Waals surface area contributed by atoms with Crippen molar-refractivity contribution in [3.63, 3.8) is 0 Å². The van der Waals surface area contributed by atoms with Crippen molar-refractivity contribution in [3.05, 3.63) is 22.9 Å². The van der Waals surface area contributed by atoms with Crippen molar-refractivity contribution in [2.75, 3.05) is 18.0 Å². The number of carbonyl (C=O) groups is 3. The van der Waals surface area contributed by atoms with E-state index < -0.39 is 22.8 Å². The van der Waals surface area contributed by atoms with E-state index >= 15 is 0 Å². The molecule has 0 aromatic carbocycles. The van der Waals surface area contributed by atoms with Gasteiger partial charge in [-0.2, -0.15) is 0 Å². The molecule has 0 aliphatic carbocycles. The van der Waals surface area contributed by atoms with E-state index in [1.165, 1.54) is 4.90 Å². The Morgan fingerprint density at radius 1 is 1.44 bits per heavy atom. The van der Waals surface area contributed by atoms with E-state index in [9.17, 15) is 19.5 Å². The number of hydrogen-bond donors (Lipinski definition) is 2. The van der Waals surface area contributed by atoms with Crippen molar-refractivity contribution >= 4 is 41.0 Å². The summed E-state index contributed by atoms with van der Waals surface area (Å²) in [4.78, 5) is 47.0. The SMILES string of the molecule is CC(C)(C)N(C(=O)O)C1CCN(c2nccc(/C=C3\SC(=O)NC3=O)n2)C1. The van der Waals surface area contributed by atoms with Gasteiger partial charge in [-0.05, 0) is 51.1 Å². The van der Waals surface area contributed by atoms with Crippen LogP contribution in [0.25, 0.3) is 6.08 Å². The van der Waals surface area contributed by atoms with Crippen molar-refractivity contribution in [2.45, 2.75) is 38.8 Å². The zero-order chi connectivity index (χ0) is 19.8. The Hall–Kier alpha value is -2.62. The number of nitrogens with one attached hydrogen (secondary N) is 1. The van der Waals surface area contributed by atoms with Gasteiger partial charge in [0.25, 0.3) is 11.1 Å². The molecule has 27 heavy (non-hydrogen) atoms. The highest BCUT2D eigenvalue weighted by Crippen LogP contribution is 2.27. The summed E-state index contributed by atoms with van der Waals surface area (Å²) in [5, 5.41) is 11.4. The van der Waals surface area contributed by atoms with Gasteiger partial charge in [-0.15, -0.1) is 0 Å². The molecule has 144 valence electrons. The van der Waals surface area contributed by atoms with Gasteiger partial charge in [0.2, 0.25) is 5.95 Å². The van der Waals surface area contributed by atoms with Gasteiger partial charge in [0.1, 0.15) is 0 Å². The minimum absolute atomic E-state index is 0.151. The fraction of sp³-hybridized carbons (Fsp3) is 0.471. The average Bonchev–Trinajstić information content (AvgIpc) is 3.13. The summed E-state index contributed by atoms with van der Waals surface area (Å²) in [5.74, 6) is 0.0366. The third kappa shape index (κ3) is 4.21. The Morgan fingerprint density at radius 3 is 2.78 bits per heavy atom. The molecule has 3 rings (SSSR count). The fourth-order valence-electron chi connectivity index (χ4n) is 3.28. The number of hydrogen-bond acceptors (Lipinski definition) is 7. The number of amides is 3. The number of nitrogens with zero attached hydrogens (tertiary/aromatic N) is 4. The minimum atomic E-state index is -0.942. The summed E-state index contributed by atoms with van der Waals surface area (Å²) in [6, 6.07) is 1.50. The zero-order valence-corrected chi connectivity index (χ0v) is 16.1. The molecule has 1 aromatic rings. The van der Waals surface area contributed by atoms with Crippen LogP contribution < -0.4 is 10.2 Å². The van der Waals surface area contributed by atoms with Gasteiger partial charge in [0.05, 0.1) is 16.6 Å². The van der Waals surface area contributed by atoms with Gasteiger partial charge in [-0.1, -0.05) is 0 Å². The first kappa shape index (κ1) is 19.2. The molecular formula is C17H21N5O4S. The second-order valence-electron chi connectivity index (χ2n) is 7.35. The van der Waals surface area contributed by atoms with Crippen LogP contribution in [0.2, 0.25) is 0 Å². The van der Waals surface area contributed by atoms with Gasteiger partial charge in [0.15, 0.2) is 0 Å². The van der Waals surface area contributed by atoms with Gasteiger partial charge < -0.3 is 10.0 Å². The molecule has 1 atom stereocenters. The first-order chi connectivity index (χ1) is 12.6. The first-order valence-electron chi connectivity index (χ1n) is 8.50. The maximum absolute atomic E-state index is 11.7. The summed E-state index contributed by atoms with van der Waals surface area (Å²) in [7, 11) is 0. The van der Waals surface area contributed by atoms with E-state index in [4.69, 9.17) is 0 Å². The molecule has 2 aliphatic heterocycles. The van der Waals surface area contributed by atoms with E-state index in [-0.39, 0.29) is 10.9 Å². The van der Waals surface area contributed by atoms with E-state index in [2.05, 4.69) is 15.3 Å². The van der Waals surface area contributed by atoms with Crippen LogP contribution >= 0.6 is 11.8 Å². The van der Waals surface area contributed by atoms with Crippen LogP contribution in [-0.4, -0.2) is 61.9 Å². The summed E-state index contributed by atoms with van der Waals surface area (Å²) >= 11 is 0.832. The lowest BCUT2D eigenvalue weighted by Crippen LogP contribution is -2.52. The van der Waals surface area contributed by atoms with E-state index in [0.29, 0.717) is 31.2 Å². The monoisotopic (exact) mass is 391 g/mol. The average molecular weight is 391 g/mol. The molecule has 2 aliphatic rings. The van der Waals surface area contributed by atoms with E-state index in [1.807, 2.05) is 25.7 Å². The third-order valence-corrected chi connectivity index (χ3v) is 5.14. The maximum atomic E-state index is 11.7. The van der Waals surface area contributed by atoms with Gasteiger partial charge in [-0.25, -0.2) is 14.8 Å². The molecule has 9 nitrogen and oxygen atoms in total. The smallest absolute Gasteiger partial charge is 0.408 e. The van der Waals surface area contributed by atoms with E-state index in [1.54, 1.807) is 18.3 Å². The Morgan fingerprint density at radius 2 is 2.19 bits per heavy atom. The number of aromatic nitrogens is 2. The molecule has 10 heteroatoms. The van der Waals surface area contributed by atoms with Crippen molar-refractivity contribution < 1.29 is 19.5 Å². The number of anilines is 1. The molecular weight excluding hydrogens is 370 g/mol. The highest BCUT2D eigenvalue weighted by atomic mass is 32.2. The second-order valence-corrected chi connectivity index (χ2v) is 8.36. The normalized spacial score (nSPS) is 21.7. The molecule has 2 N–H and O–H groups in total. The van der Waals surface area contributed by atoms with Crippen LogP contribution in [0.4, 0.5) is 15.5 Å². The van der Waals surface area contributed by atoms with Crippen LogP contribution in [-0.2, 0) is 4.79 Å². The van der Waals surface area contributed by atoms with Gasteiger partial charge in [0, 0.05) is 24.8 Å². The lowest BCUT2D eigenvalue weighted by molar-refractivity contribution is -0.115. The van der Waals surface area contributed by atoms with Crippen LogP contribution in [0.3, 0.4) is 0 Å². The predicted octanol–water partition coefficient (Wildman–Crippen LogP) is 2.16. The molecule has 0 radical (unpaired) electrons. The predicted molar refractivity (Wildman–Crippen MR) is 101 cm³/mol. The summed E-state index contributed by atoms with van der Waals surface area (Å²) < 4.78 is 0. The molecule has 0 saturated carbocycles. The largest absolute Gasteiger partial charge is 0.465 e. The summed E-state index contributed by atoms with van der Waals surface area (Å²) in [6.07, 6.45) is 2.87. The van der Waals surface area contributed by atoms with Crippen molar-refractivity contribution in [3.8, 4) is 0 Å². The molecule has 2 fully saturated rings. The molecule has 0 bridgehead atoms. The fourth-order valence-corrected chi connectivity index (χ4v) is 3.94. The van der Waals surface area contributed by atoms with Gasteiger partial charge in [-0.3, -0.25) is 19.8 Å². The van der Waals surface area contributed by atoms with Crippen LogP contribution in [0.15, 0.2) is 17.2 Å². The Balaban J connectivity index is 1.77. The molecule has 2 saturated heterocycles. The lowest BCUT2D eigenvalue weighted by atomic mass is 10.0. The van der Waals surface area contributed by atoms with Crippen LogP contribution in [0, 0.1) is 0 Å². The highest BCUT2D eigenvalue weighted by molar-refractivity contribution is 8.18. The molecule has 1 unspecified atom stereocenters. The second kappa shape index (κ2) is 7.18. The Kier molecular flexibility index (Phi) is 5.09. The third-order valence-electron chi connectivity index (χ3n) is 4.33. The molecule has 3 heterocycles. The first-order valence-corrected chi connectivity index (χ1v) is 9.32. The summed E-state index contributed by atoms with van der Waals surface area (Å²) in [6.45, 7) is 6.76.